The van der Waals surface area contributed by atoms with Gasteiger partial charge in [-0.3, -0.25) is 0 Å². The zero-order chi connectivity index (χ0) is 17.1. The van der Waals surface area contributed by atoms with Crippen LogP contribution in [0.3, 0.4) is 0 Å². The van der Waals surface area contributed by atoms with E-state index in [9.17, 15) is 8.78 Å². The monoisotopic (exact) mass is 324 g/mol. The first-order valence-electron chi connectivity index (χ1n) is 7.88. The van der Waals surface area contributed by atoms with Crippen molar-refractivity contribution in [3.8, 4) is 16.9 Å². The molecule has 0 aliphatic heterocycles. The summed E-state index contributed by atoms with van der Waals surface area (Å²) in [6, 6.07) is 14.2. The minimum Gasteiger partial charge on any atom is -0.490 e. The van der Waals surface area contributed by atoms with Crippen LogP contribution in [0.4, 0.5) is 8.78 Å². The Kier molecular flexibility index (Phi) is 4.61. The first-order valence-corrected chi connectivity index (χ1v) is 7.88. The van der Waals surface area contributed by atoms with Gasteiger partial charge < -0.3 is 4.74 Å². The number of fused-ring (bicyclic) bond motifs is 1. The van der Waals surface area contributed by atoms with E-state index in [0.717, 1.165) is 12.0 Å². The van der Waals surface area contributed by atoms with Crippen molar-refractivity contribution in [3.63, 3.8) is 0 Å². The number of aryl methyl sites for hydroxylation is 1. The molecule has 3 aromatic carbocycles. The van der Waals surface area contributed by atoms with Gasteiger partial charge >= 0.3 is 0 Å². The molecule has 0 N–H and O–H groups in total. The van der Waals surface area contributed by atoms with Gasteiger partial charge in [-0.25, -0.2) is 8.78 Å². The molecular formula is C21H18F2O. The van der Waals surface area contributed by atoms with Gasteiger partial charge in [-0.15, -0.1) is 0 Å². The van der Waals surface area contributed by atoms with Gasteiger partial charge in [0.25, 0.3) is 0 Å². The van der Waals surface area contributed by atoms with Gasteiger partial charge in [0.2, 0.25) is 0 Å². The van der Waals surface area contributed by atoms with Crippen LogP contribution in [-0.2, 0) is 6.42 Å². The molecule has 0 aromatic heterocycles. The van der Waals surface area contributed by atoms with Gasteiger partial charge in [-0.2, -0.15) is 0 Å². The largest absolute Gasteiger partial charge is 0.490 e. The molecule has 0 saturated heterocycles. The van der Waals surface area contributed by atoms with Gasteiger partial charge in [-0.1, -0.05) is 49.9 Å². The molecule has 0 aliphatic carbocycles. The van der Waals surface area contributed by atoms with Crippen LogP contribution in [0.25, 0.3) is 21.9 Å². The summed E-state index contributed by atoms with van der Waals surface area (Å²) in [7, 11) is 0. The first kappa shape index (κ1) is 16.2. The molecule has 0 heterocycles. The van der Waals surface area contributed by atoms with Gasteiger partial charge in [0, 0.05) is 10.9 Å². The van der Waals surface area contributed by atoms with Crippen LogP contribution in [0.2, 0.25) is 0 Å². The Bertz CT molecular complexity index is 882. The molecule has 0 amide bonds. The van der Waals surface area contributed by atoms with Gasteiger partial charge in [-0.05, 0) is 41.1 Å². The molecule has 0 spiro atoms. The topological polar surface area (TPSA) is 9.23 Å². The van der Waals surface area contributed by atoms with E-state index < -0.39 is 11.6 Å². The quantitative estimate of drug-likeness (QED) is 0.530. The number of ether oxygens (including phenoxy) is 1. The number of benzene rings is 3. The Hall–Kier alpha value is -2.68. The van der Waals surface area contributed by atoms with Crippen molar-refractivity contribution in [2.24, 2.45) is 0 Å². The smallest absolute Gasteiger partial charge is 0.167 e. The molecular weight excluding hydrogens is 306 g/mol. The lowest BCUT2D eigenvalue weighted by atomic mass is 9.98. The Morgan fingerprint density at radius 2 is 1.75 bits per heavy atom. The Labute approximate surface area is 140 Å². The number of halogens is 2. The minimum absolute atomic E-state index is 0.211. The fourth-order valence-electron chi connectivity index (χ4n) is 2.68. The predicted octanol–water partition coefficient (Wildman–Crippen LogP) is 5.91. The highest BCUT2D eigenvalue weighted by Gasteiger charge is 2.15. The second-order valence-corrected chi connectivity index (χ2v) is 5.59. The molecule has 1 nitrogen and oxygen atoms in total. The normalized spacial score (nSPS) is 10.8. The summed E-state index contributed by atoms with van der Waals surface area (Å²) in [6.45, 7) is 5.94. The maximum absolute atomic E-state index is 14.6. The number of hydrogen-bond donors (Lipinski definition) is 0. The van der Waals surface area contributed by atoms with Crippen LogP contribution >= 0.6 is 0 Å². The number of hydrogen-bond acceptors (Lipinski definition) is 1. The molecule has 0 saturated carbocycles. The molecule has 0 atom stereocenters. The van der Waals surface area contributed by atoms with E-state index >= 15 is 0 Å². The summed E-state index contributed by atoms with van der Waals surface area (Å²) in [6.07, 6.45) is 2.51. The van der Waals surface area contributed by atoms with E-state index in [1.165, 1.54) is 6.07 Å². The van der Waals surface area contributed by atoms with E-state index in [2.05, 4.69) is 13.5 Å². The van der Waals surface area contributed by atoms with E-state index in [-0.39, 0.29) is 10.9 Å². The Morgan fingerprint density at radius 3 is 2.42 bits per heavy atom. The summed E-state index contributed by atoms with van der Waals surface area (Å²) < 4.78 is 34.5. The highest BCUT2D eigenvalue weighted by atomic mass is 19.2. The lowest BCUT2D eigenvalue weighted by Crippen LogP contribution is -1.95. The van der Waals surface area contributed by atoms with E-state index in [1.54, 1.807) is 24.3 Å². The van der Waals surface area contributed by atoms with Crippen LogP contribution in [0.5, 0.6) is 5.75 Å². The summed E-state index contributed by atoms with van der Waals surface area (Å²) in [5.41, 5.74) is 2.09. The van der Waals surface area contributed by atoms with Crippen LogP contribution < -0.4 is 4.74 Å². The molecule has 3 rings (SSSR count). The molecule has 122 valence electrons. The third-order valence-corrected chi connectivity index (χ3v) is 4.03. The molecule has 0 fully saturated rings. The molecule has 0 bridgehead atoms. The molecule has 0 unspecified atom stereocenters. The highest BCUT2D eigenvalue weighted by molar-refractivity contribution is 5.89. The average molecular weight is 324 g/mol. The third-order valence-electron chi connectivity index (χ3n) is 4.03. The van der Waals surface area contributed by atoms with E-state index in [1.807, 2.05) is 24.3 Å². The second-order valence-electron chi connectivity index (χ2n) is 5.59. The van der Waals surface area contributed by atoms with Crippen molar-refractivity contribution in [1.29, 1.82) is 0 Å². The molecule has 0 radical (unpaired) electrons. The van der Waals surface area contributed by atoms with Crippen molar-refractivity contribution in [1.82, 2.24) is 0 Å². The zero-order valence-electron chi connectivity index (χ0n) is 13.5. The first-order chi connectivity index (χ1) is 11.6. The standard InChI is InChI=1S/C21H18F2O/c1-3-11-24-17-10-9-16-12-18(20(22)21(23)19(16)13-17)15-7-5-14(4-2)6-8-15/h3,5-10,12-13H,1,4,11H2,2H3. The molecule has 3 heteroatoms. The molecule has 24 heavy (non-hydrogen) atoms. The van der Waals surface area contributed by atoms with Crippen LogP contribution in [0, 0.1) is 11.6 Å². The van der Waals surface area contributed by atoms with Crippen molar-refractivity contribution in [3.05, 3.63) is 78.4 Å². The highest BCUT2D eigenvalue weighted by Crippen LogP contribution is 2.32. The van der Waals surface area contributed by atoms with Crippen molar-refractivity contribution in [2.75, 3.05) is 6.61 Å². The van der Waals surface area contributed by atoms with E-state index in [4.69, 9.17) is 4.74 Å². The summed E-state index contributed by atoms with van der Waals surface area (Å²) >= 11 is 0. The fraction of sp³-hybridized carbons (Fsp3) is 0.143. The lowest BCUT2D eigenvalue weighted by molar-refractivity contribution is 0.363. The summed E-state index contributed by atoms with van der Waals surface area (Å²) in [5, 5.41) is 0.845. The fourth-order valence-corrected chi connectivity index (χ4v) is 2.68. The zero-order valence-corrected chi connectivity index (χ0v) is 13.5. The van der Waals surface area contributed by atoms with Crippen LogP contribution in [-0.4, -0.2) is 6.61 Å². The second kappa shape index (κ2) is 6.83. The van der Waals surface area contributed by atoms with Crippen LogP contribution in [0.15, 0.2) is 61.2 Å². The molecule has 0 aliphatic rings. The van der Waals surface area contributed by atoms with Gasteiger partial charge in [0.1, 0.15) is 12.4 Å². The Balaban J connectivity index is 2.09. The third kappa shape index (κ3) is 3.02. The van der Waals surface area contributed by atoms with Gasteiger partial charge in [0.15, 0.2) is 11.6 Å². The van der Waals surface area contributed by atoms with Crippen molar-refractivity contribution in [2.45, 2.75) is 13.3 Å². The van der Waals surface area contributed by atoms with Gasteiger partial charge in [0.05, 0.1) is 0 Å². The average Bonchev–Trinajstić information content (AvgIpc) is 2.63. The lowest BCUT2D eigenvalue weighted by Gasteiger charge is -2.10. The number of rotatable bonds is 5. The van der Waals surface area contributed by atoms with Crippen LogP contribution in [0.1, 0.15) is 12.5 Å². The maximum Gasteiger partial charge on any atom is 0.167 e. The minimum atomic E-state index is -0.855. The predicted molar refractivity (Wildman–Crippen MR) is 94.4 cm³/mol. The SMILES string of the molecule is C=CCOc1ccc2cc(-c3ccc(CC)cc3)c(F)c(F)c2c1. The van der Waals surface area contributed by atoms with E-state index in [0.29, 0.717) is 23.3 Å². The molecule has 3 aromatic rings. The van der Waals surface area contributed by atoms with Crippen molar-refractivity contribution < 1.29 is 13.5 Å². The summed E-state index contributed by atoms with van der Waals surface area (Å²) in [5.74, 6) is -1.21. The maximum atomic E-state index is 14.6. The van der Waals surface area contributed by atoms with Crippen molar-refractivity contribution >= 4 is 10.8 Å². The summed E-state index contributed by atoms with van der Waals surface area (Å²) in [4.78, 5) is 0. The Morgan fingerprint density at radius 1 is 1.00 bits per heavy atom.